The van der Waals surface area contributed by atoms with Gasteiger partial charge in [0.1, 0.15) is 0 Å². The number of amides is 1. The van der Waals surface area contributed by atoms with E-state index in [1.807, 2.05) is 35.2 Å². The van der Waals surface area contributed by atoms with E-state index in [1.165, 1.54) is 25.7 Å². The van der Waals surface area contributed by atoms with Gasteiger partial charge in [-0.05, 0) is 74.7 Å². The van der Waals surface area contributed by atoms with Crippen LogP contribution in [0.2, 0.25) is 0 Å². The van der Waals surface area contributed by atoms with E-state index in [9.17, 15) is 9.59 Å². The largest absolute Gasteiger partial charge is 0.462 e. The number of unbranched alkanes of at least 4 members (excludes halogenated alkanes) is 6. The zero-order valence-electron chi connectivity index (χ0n) is 22.1. The van der Waals surface area contributed by atoms with E-state index >= 15 is 0 Å². The molecule has 0 N–H and O–H groups in total. The summed E-state index contributed by atoms with van der Waals surface area (Å²) in [6.07, 6.45) is 10.9. The number of carbonyl (C=O) groups is 2. The number of esters is 1. The van der Waals surface area contributed by atoms with E-state index in [-0.39, 0.29) is 11.9 Å². The maximum Gasteiger partial charge on any atom is 0.338 e. The Labute approximate surface area is 221 Å². The molecule has 7 heteroatoms. The van der Waals surface area contributed by atoms with E-state index in [1.54, 1.807) is 31.2 Å². The summed E-state index contributed by atoms with van der Waals surface area (Å²) < 4.78 is 4.99. The molecule has 0 spiro atoms. The van der Waals surface area contributed by atoms with Crippen molar-refractivity contribution in [2.75, 3.05) is 37.7 Å². The summed E-state index contributed by atoms with van der Waals surface area (Å²) in [5.74, 6) is -0.0508. The average Bonchev–Trinajstić information content (AvgIpc) is 2.94. The van der Waals surface area contributed by atoms with E-state index in [2.05, 4.69) is 21.7 Å². The number of allylic oxidation sites excluding steroid dienone is 1. The van der Waals surface area contributed by atoms with E-state index < -0.39 is 0 Å². The molecule has 37 heavy (non-hydrogen) atoms. The Hall–Kier alpha value is -3.48. The van der Waals surface area contributed by atoms with Gasteiger partial charge in [-0.1, -0.05) is 31.8 Å². The van der Waals surface area contributed by atoms with Crippen molar-refractivity contribution in [3.63, 3.8) is 0 Å². The first kappa shape index (κ1) is 28.1. The molecule has 0 bridgehead atoms. The second kappa shape index (κ2) is 15.6. The molecule has 2 aromatic carbocycles. The molecule has 1 fully saturated rings. The van der Waals surface area contributed by atoms with Gasteiger partial charge in [-0.15, -0.1) is 6.58 Å². The van der Waals surface area contributed by atoms with Gasteiger partial charge in [-0.3, -0.25) is 4.79 Å². The summed E-state index contributed by atoms with van der Waals surface area (Å²) in [4.78, 5) is 28.6. The fourth-order valence-corrected chi connectivity index (χ4v) is 4.37. The van der Waals surface area contributed by atoms with Crippen LogP contribution in [0.4, 0.5) is 17.1 Å². The number of azo groups is 1. The number of hydrogen-bond acceptors (Lipinski definition) is 6. The predicted molar refractivity (Wildman–Crippen MR) is 149 cm³/mol. The maximum atomic E-state index is 12.6. The predicted octanol–water partition coefficient (Wildman–Crippen LogP) is 7.23. The number of anilines is 1. The number of hydrogen-bond donors (Lipinski definition) is 0. The molecule has 1 amide bonds. The summed E-state index contributed by atoms with van der Waals surface area (Å²) >= 11 is 0. The third-order valence-electron chi connectivity index (χ3n) is 6.56. The van der Waals surface area contributed by atoms with Crippen LogP contribution in [0.1, 0.15) is 68.6 Å². The lowest BCUT2D eigenvalue weighted by Gasteiger charge is -2.36. The number of rotatable bonds is 14. The number of ether oxygens (including phenoxy) is 1. The summed E-state index contributed by atoms with van der Waals surface area (Å²) in [5.41, 5.74) is 3.05. The minimum absolute atomic E-state index is 0.289. The van der Waals surface area contributed by atoms with E-state index in [0.29, 0.717) is 24.3 Å². The van der Waals surface area contributed by atoms with Crippen LogP contribution in [0.15, 0.2) is 71.4 Å². The molecule has 1 heterocycles. The Morgan fingerprint density at radius 2 is 1.41 bits per heavy atom. The number of carbonyl (C=O) groups excluding carboxylic acids is 2. The van der Waals surface area contributed by atoms with Crippen LogP contribution in [0.5, 0.6) is 0 Å². The molecule has 0 atom stereocenters. The van der Waals surface area contributed by atoms with Gasteiger partial charge in [0.05, 0.1) is 23.5 Å². The highest BCUT2D eigenvalue weighted by Crippen LogP contribution is 2.24. The van der Waals surface area contributed by atoms with Crippen molar-refractivity contribution in [2.24, 2.45) is 10.2 Å². The Morgan fingerprint density at radius 3 is 2.00 bits per heavy atom. The van der Waals surface area contributed by atoms with Crippen LogP contribution in [0.3, 0.4) is 0 Å². The molecule has 7 nitrogen and oxygen atoms in total. The smallest absolute Gasteiger partial charge is 0.338 e. The molecule has 198 valence electrons. The molecule has 1 aliphatic heterocycles. The summed E-state index contributed by atoms with van der Waals surface area (Å²) in [7, 11) is 0. The zero-order valence-corrected chi connectivity index (χ0v) is 22.1. The van der Waals surface area contributed by atoms with Crippen LogP contribution in [0.25, 0.3) is 0 Å². The van der Waals surface area contributed by atoms with Gasteiger partial charge < -0.3 is 14.5 Å². The van der Waals surface area contributed by atoms with Crippen molar-refractivity contribution in [2.45, 2.75) is 58.3 Å². The van der Waals surface area contributed by atoms with Crippen molar-refractivity contribution in [1.29, 1.82) is 0 Å². The van der Waals surface area contributed by atoms with E-state index in [4.69, 9.17) is 4.74 Å². The molecule has 0 aromatic heterocycles. The second-order valence-electron chi connectivity index (χ2n) is 9.30. The molecule has 0 saturated carbocycles. The quantitative estimate of drug-likeness (QED) is 0.118. The highest BCUT2D eigenvalue weighted by atomic mass is 16.5. The second-order valence-corrected chi connectivity index (χ2v) is 9.30. The molecule has 1 aliphatic rings. The van der Waals surface area contributed by atoms with Crippen molar-refractivity contribution in [3.8, 4) is 0 Å². The monoisotopic (exact) mass is 504 g/mol. The molecule has 0 radical (unpaired) electrons. The van der Waals surface area contributed by atoms with Gasteiger partial charge in [-0.25, -0.2) is 4.79 Å². The Kier molecular flexibility index (Phi) is 11.8. The highest BCUT2D eigenvalue weighted by Gasteiger charge is 2.20. The minimum Gasteiger partial charge on any atom is -0.462 e. The summed E-state index contributed by atoms with van der Waals surface area (Å²) in [6.45, 7) is 9.10. The molecule has 0 unspecified atom stereocenters. The maximum absolute atomic E-state index is 12.6. The third kappa shape index (κ3) is 9.48. The van der Waals surface area contributed by atoms with Crippen molar-refractivity contribution in [1.82, 2.24) is 4.90 Å². The van der Waals surface area contributed by atoms with Gasteiger partial charge in [0.25, 0.3) is 0 Å². The lowest BCUT2D eigenvalue weighted by Crippen LogP contribution is -2.48. The lowest BCUT2D eigenvalue weighted by atomic mass is 10.1. The molecule has 2 aromatic rings. The van der Waals surface area contributed by atoms with Crippen LogP contribution in [-0.4, -0.2) is 49.6 Å². The van der Waals surface area contributed by atoms with Crippen LogP contribution >= 0.6 is 0 Å². The number of nitrogens with zero attached hydrogens (tertiary/aromatic N) is 4. The van der Waals surface area contributed by atoms with Crippen molar-refractivity contribution in [3.05, 3.63) is 66.7 Å². The molecule has 3 rings (SSSR count). The van der Waals surface area contributed by atoms with Gasteiger partial charge >= 0.3 is 5.97 Å². The first-order valence-electron chi connectivity index (χ1n) is 13.5. The molecule has 0 aliphatic carbocycles. The lowest BCUT2D eigenvalue weighted by molar-refractivity contribution is -0.131. The topological polar surface area (TPSA) is 74.6 Å². The van der Waals surface area contributed by atoms with Crippen molar-refractivity contribution >= 4 is 28.9 Å². The van der Waals surface area contributed by atoms with Gasteiger partial charge in [-0.2, -0.15) is 10.2 Å². The Balaban J connectivity index is 1.38. The van der Waals surface area contributed by atoms with Gasteiger partial charge in [0, 0.05) is 38.3 Å². The molecular formula is C30H40N4O3. The fourth-order valence-electron chi connectivity index (χ4n) is 4.37. The van der Waals surface area contributed by atoms with Crippen LogP contribution in [-0.2, 0) is 9.53 Å². The third-order valence-corrected chi connectivity index (χ3v) is 6.56. The van der Waals surface area contributed by atoms with E-state index in [0.717, 1.165) is 56.8 Å². The van der Waals surface area contributed by atoms with Gasteiger partial charge in [0.15, 0.2) is 0 Å². The minimum atomic E-state index is -0.340. The molecular weight excluding hydrogens is 464 g/mol. The Morgan fingerprint density at radius 1 is 0.838 bits per heavy atom. The van der Waals surface area contributed by atoms with Gasteiger partial charge in [0.2, 0.25) is 5.91 Å². The average molecular weight is 505 g/mol. The normalized spacial score (nSPS) is 13.6. The summed E-state index contributed by atoms with van der Waals surface area (Å²) in [6, 6.07) is 14.9. The number of piperazine rings is 1. The number of benzene rings is 2. The van der Waals surface area contributed by atoms with Crippen molar-refractivity contribution < 1.29 is 14.3 Å². The first-order valence-corrected chi connectivity index (χ1v) is 13.5. The SMILES string of the molecule is C=CCCCCCCCCC(=O)N1CCN(c2ccc(N=Nc3ccc(C(=O)OCC)cc3)cc2)CC1. The summed E-state index contributed by atoms with van der Waals surface area (Å²) in [5, 5.41) is 8.56. The van der Waals surface area contributed by atoms with Crippen LogP contribution < -0.4 is 4.90 Å². The first-order chi connectivity index (χ1) is 18.1. The standard InChI is InChI=1S/C30H40N4O3/c1-3-5-6-7-8-9-10-11-12-29(35)34-23-21-33(22-24-34)28-19-17-27(18-20-28)32-31-26-15-13-25(14-16-26)30(36)37-4-2/h3,13-20H,1,4-12,21-24H2,2H3. The zero-order chi connectivity index (χ0) is 26.3. The fraction of sp³-hybridized carbons (Fsp3) is 0.467. The molecule has 1 saturated heterocycles. The Bertz CT molecular complexity index is 1010. The highest BCUT2D eigenvalue weighted by molar-refractivity contribution is 5.89. The van der Waals surface area contributed by atoms with Crippen LogP contribution in [0, 0.1) is 0 Å².